The molecular formula is C19H17NO2S. The predicted molar refractivity (Wildman–Crippen MR) is 94.6 cm³/mol. The molecule has 0 radical (unpaired) electrons. The first kappa shape index (κ1) is 15.4. The van der Waals surface area contributed by atoms with Gasteiger partial charge < -0.3 is 0 Å². The molecule has 3 rings (SSSR count). The molecule has 4 heteroatoms. The lowest BCUT2D eigenvalue weighted by atomic mass is 10.0. The molecule has 0 spiro atoms. The highest BCUT2D eigenvalue weighted by molar-refractivity contribution is 7.90. The van der Waals surface area contributed by atoms with Gasteiger partial charge in [0.05, 0.1) is 4.90 Å². The number of nitrogens with zero attached hydrogens (tertiary/aromatic N) is 1. The molecule has 3 nitrogen and oxygen atoms in total. The Kier molecular flexibility index (Phi) is 4.01. The molecular weight excluding hydrogens is 306 g/mol. The molecule has 0 saturated carbocycles. The predicted octanol–water partition coefficient (Wildman–Crippen LogP) is 4.26. The minimum Gasteiger partial charge on any atom is -0.199 e. The largest absolute Gasteiger partial charge is 0.282 e. The number of hydrogen-bond acceptors (Lipinski definition) is 2. The number of benzene rings is 3. The summed E-state index contributed by atoms with van der Waals surface area (Å²) < 4.78 is 28.6. The Bertz CT molecular complexity index is 988. The highest BCUT2D eigenvalue weighted by atomic mass is 32.2. The molecule has 0 atom stereocenters. The van der Waals surface area contributed by atoms with Crippen LogP contribution in [-0.4, -0.2) is 14.6 Å². The van der Waals surface area contributed by atoms with Crippen LogP contribution >= 0.6 is 0 Å². The van der Waals surface area contributed by atoms with Gasteiger partial charge in [-0.15, -0.1) is 0 Å². The molecule has 3 aromatic rings. The number of rotatable bonds is 3. The van der Waals surface area contributed by atoms with Gasteiger partial charge in [-0.2, -0.15) is 12.8 Å². The minimum atomic E-state index is -3.69. The van der Waals surface area contributed by atoms with Crippen molar-refractivity contribution in [3.8, 4) is 0 Å². The fourth-order valence-corrected chi connectivity index (χ4v) is 3.32. The molecule has 0 heterocycles. The molecule has 3 aromatic carbocycles. The van der Waals surface area contributed by atoms with Gasteiger partial charge in [0.2, 0.25) is 0 Å². The average Bonchev–Trinajstić information content (AvgIpc) is 2.54. The number of hydrogen-bond donors (Lipinski definition) is 0. The summed E-state index contributed by atoms with van der Waals surface area (Å²) in [6.07, 6.45) is 1.45. The standard InChI is InChI=1S/C19H17NO2S/c1-14-7-11-17(12-8-14)23(21,22)20-13-19-15(2)9-10-16-5-3-4-6-18(16)19/h3-13H,1-2H3. The van der Waals surface area contributed by atoms with Gasteiger partial charge in [0.1, 0.15) is 0 Å². The highest BCUT2D eigenvalue weighted by Gasteiger charge is 2.12. The second-order valence-corrected chi connectivity index (χ2v) is 7.17. The lowest BCUT2D eigenvalue weighted by molar-refractivity contribution is 0.598. The molecule has 0 aromatic heterocycles. The maximum atomic E-state index is 12.4. The molecule has 0 unspecified atom stereocenters. The first-order valence-corrected chi connectivity index (χ1v) is 8.77. The molecule has 23 heavy (non-hydrogen) atoms. The van der Waals surface area contributed by atoms with Crippen LogP contribution in [0.2, 0.25) is 0 Å². The van der Waals surface area contributed by atoms with E-state index in [9.17, 15) is 8.42 Å². The van der Waals surface area contributed by atoms with Crippen LogP contribution < -0.4 is 0 Å². The van der Waals surface area contributed by atoms with Gasteiger partial charge in [-0.25, -0.2) is 0 Å². The number of fused-ring (bicyclic) bond motifs is 1. The first-order chi connectivity index (χ1) is 11.0. The van der Waals surface area contributed by atoms with Crippen LogP contribution in [0.15, 0.2) is 70.0 Å². The van der Waals surface area contributed by atoms with Crippen molar-refractivity contribution in [1.82, 2.24) is 0 Å². The van der Waals surface area contributed by atoms with Gasteiger partial charge in [-0.3, -0.25) is 0 Å². The quantitative estimate of drug-likeness (QED) is 0.676. The summed E-state index contributed by atoms with van der Waals surface area (Å²) in [6.45, 7) is 3.87. The van der Waals surface area contributed by atoms with Crippen molar-refractivity contribution in [2.75, 3.05) is 0 Å². The molecule has 0 aliphatic heterocycles. The Hall–Kier alpha value is -2.46. The second kappa shape index (κ2) is 5.97. The molecule has 0 aliphatic rings. The number of sulfonamides is 1. The SMILES string of the molecule is Cc1ccc(S(=O)(=O)N=Cc2c(C)ccc3ccccc23)cc1. The summed E-state index contributed by atoms with van der Waals surface area (Å²) in [5.41, 5.74) is 2.84. The van der Waals surface area contributed by atoms with Crippen LogP contribution in [0.3, 0.4) is 0 Å². The fraction of sp³-hybridized carbons (Fsp3) is 0.105. The van der Waals surface area contributed by atoms with Crippen LogP contribution in [-0.2, 0) is 10.0 Å². The zero-order valence-corrected chi connectivity index (χ0v) is 13.8. The van der Waals surface area contributed by atoms with Crippen LogP contribution in [0.25, 0.3) is 10.8 Å². The lowest BCUT2D eigenvalue weighted by Gasteiger charge is -2.06. The molecule has 0 fully saturated rings. The van der Waals surface area contributed by atoms with E-state index in [1.54, 1.807) is 24.3 Å². The van der Waals surface area contributed by atoms with Crippen LogP contribution in [0.5, 0.6) is 0 Å². The van der Waals surface area contributed by atoms with Crippen LogP contribution in [0, 0.1) is 13.8 Å². The molecule has 0 aliphatic carbocycles. The van der Waals surface area contributed by atoms with Crippen LogP contribution in [0.1, 0.15) is 16.7 Å². The van der Waals surface area contributed by atoms with E-state index in [4.69, 9.17) is 0 Å². The minimum absolute atomic E-state index is 0.206. The third-order valence-electron chi connectivity index (χ3n) is 3.83. The van der Waals surface area contributed by atoms with Gasteiger partial charge in [-0.05, 0) is 42.3 Å². The van der Waals surface area contributed by atoms with E-state index in [0.29, 0.717) is 0 Å². The maximum absolute atomic E-state index is 12.4. The first-order valence-electron chi connectivity index (χ1n) is 7.33. The molecule has 0 bridgehead atoms. The van der Waals surface area contributed by atoms with E-state index in [1.165, 1.54) is 6.21 Å². The molecule has 0 amide bonds. The third-order valence-corrected chi connectivity index (χ3v) is 5.08. The topological polar surface area (TPSA) is 46.5 Å². The number of aryl methyl sites for hydroxylation is 2. The van der Waals surface area contributed by atoms with Gasteiger partial charge in [-0.1, -0.05) is 54.1 Å². The summed E-state index contributed by atoms with van der Waals surface area (Å²) in [6, 6.07) is 18.6. The Morgan fingerprint density at radius 3 is 2.30 bits per heavy atom. The maximum Gasteiger partial charge on any atom is 0.282 e. The van der Waals surface area contributed by atoms with E-state index in [2.05, 4.69) is 4.40 Å². The van der Waals surface area contributed by atoms with E-state index in [-0.39, 0.29) is 4.90 Å². The highest BCUT2D eigenvalue weighted by Crippen LogP contribution is 2.21. The Balaban J connectivity index is 2.06. The summed E-state index contributed by atoms with van der Waals surface area (Å²) in [5, 5.41) is 2.06. The van der Waals surface area contributed by atoms with Crippen molar-refractivity contribution in [3.05, 3.63) is 77.4 Å². The van der Waals surface area contributed by atoms with Gasteiger partial charge in [0.15, 0.2) is 0 Å². The Morgan fingerprint density at radius 2 is 1.57 bits per heavy atom. The van der Waals surface area contributed by atoms with Crippen molar-refractivity contribution in [3.63, 3.8) is 0 Å². The Labute approximate surface area is 136 Å². The Morgan fingerprint density at radius 1 is 0.870 bits per heavy atom. The molecule has 0 saturated heterocycles. The van der Waals surface area contributed by atoms with E-state index in [0.717, 1.165) is 27.5 Å². The second-order valence-electron chi connectivity index (χ2n) is 5.54. The zero-order chi connectivity index (χ0) is 16.4. The van der Waals surface area contributed by atoms with E-state index < -0.39 is 10.0 Å². The summed E-state index contributed by atoms with van der Waals surface area (Å²) in [4.78, 5) is 0.206. The monoisotopic (exact) mass is 323 g/mol. The zero-order valence-electron chi connectivity index (χ0n) is 13.0. The van der Waals surface area contributed by atoms with E-state index >= 15 is 0 Å². The van der Waals surface area contributed by atoms with E-state index in [1.807, 2.05) is 50.2 Å². The average molecular weight is 323 g/mol. The lowest BCUT2D eigenvalue weighted by Crippen LogP contribution is -1.99. The smallest absolute Gasteiger partial charge is 0.199 e. The van der Waals surface area contributed by atoms with Crippen molar-refractivity contribution < 1.29 is 8.42 Å². The summed E-state index contributed by atoms with van der Waals surface area (Å²) in [5.74, 6) is 0. The van der Waals surface area contributed by atoms with Crippen molar-refractivity contribution in [1.29, 1.82) is 0 Å². The normalized spacial score (nSPS) is 12.1. The van der Waals surface area contributed by atoms with Gasteiger partial charge in [0.25, 0.3) is 10.0 Å². The van der Waals surface area contributed by atoms with Gasteiger partial charge >= 0.3 is 0 Å². The third kappa shape index (κ3) is 3.17. The van der Waals surface area contributed by atoms with Crippen molar-refractivity contribution >= 4 is 27.0 Å². The molecule has 0 N–H and O–H groups in total. The van der Waals surface area contributed by atoms with Crippen LogP contribution in [0.4, 0.5) is 0 Å². The fourth-order valence-electron chi connectivity index (χ4n) is 2.47. The van der Waals surface area contributed by atoms with Crippen molar-refractivity contribution in [2.24, 2.45) is 4.40 Å². The summed E-state index contributed by atoms with van der Waals surface area (Å²) in [7, 11) is -3.69. The molecule has 116 valence electrons. The van der Waals surface area contributed by atoms with Gasteiger partial charge in [0, 0.05) is 11.8 Å². The van der Waals surface area contributed by atoms with Crippen molar-refractivity contribution in [2.45, 2.75) is 18.7 Å². The summed E-state index contributed by atoms with van der Waals surface area (Å²) >= 11 is 0.